The molecule has 0 fully saturated rings. The fraction of sp³-hybridized carbons (Fsp3) is 0.981. The van der Waals surface area contributed by atoms with Gasteiger partial charge in [-0.05, 0) is 12.8 Å². The highest BCUT2D eigenvalue weighted by atomic mass is 31.2. The van der Waals surface area contributed by atoms with E-state index in [0.717, 1.165) is 38.5 Å². The second-order valence-electron chi connectivity index (χ2n) is 19.3. The maximum atomic E-state index is 12.7. The van der Waals surface area contributed by atoms with E-state index in [1.807, 2.05) is 0 Å². The number of phosphoric ester groups is 1. The molecular weight excluding hydrogens is 778 g/mol. The van der Waals surface area contributed by atoms with Gasteiger partial charge in [-0.2, -0.15) is 0 Å². The Labute approximate surface area is 380 Å². The van der Waals surface area contributed by atoms with Crippen molar-refractivity contribution >= 4 is 13.7 Å². The molecule has 0 radical (unpaired) electrons. The van der Waals surface area contributed by atoms with Crippen LogP contribution in [0.25, 0.3) is 0 Å². The van der Waals surface area contributed by atoms with E-state index >= 15 is 0 Å². The topological polar surface area (TPSA) is 116 Å². The van der Waals surface area contributed by atoms with Crippen LogP contribution in [0.3, 0.4) is 0 Å². The van der Waals surface area contributed by atoms with Gasteiger partial charge in [-0.3, -0.25) is 9.32 Å². The molecule has 61 heavy (non-hydrogen) atoms. The quantitative estimate of drug-likeness (QED) is 0.0357. The molecule has 4 N–H and O–H groups in total. The molecule has 0 aliphatic rings. The predicted octanol–water partition coefficient (Wildman–Crippen LogP) is 17.3. The molecule has 1 amide bonds. The van der Waals surface area contributed by atoms with Gasteiger partial charge in [0, 0.05) is 6.42 Å². The lowest BCUT2D eigenvalue weighted by Crippen LogP contribution is -2.46. The van der Waals surface area contributed by atoms with Crippen molar-refractivity contribution in [1.82, 2.24) is 5.32 Å². The smallest absolute Gasteiger partial charge is 0.391 e. The number of aliphatic hydroxyl groups excluding tert-OH is 1. The second kappa shape index (κ2) is 49.0. The highest BCUT2D eigenvalue weighted by Gasteiger charge is 2.25. The highest BCUT2D eigenvalue weighted by Crippen LogP contribution is 2.36. The Morgan fingerprint density at radius 3 is 0.885 bits per heavy atom. The predicted molar refractivity (Wildman–Crippen MR) is 264 cm³/mol. The van der Waals surface area contributed by atoms with Crippen LogP contribution in [0.4, 0.5) is 0 Å². The van der Waals surface area contributed by atoms with E-state index in [9.17, 15) is 24.3 Å². The molecule has 0 rings (SSSR count). The van der Waals surface area contributed by atoms with Crippen molar-refractivity contribution in [2.24, 2.45) is 0 Å². The molecule has 0 aromatic rings. The van der Waals surface area contributed by atoms with Crippen molar-refractivity contribution in [2.75, 3.05) is 6.61 Å². The molecule has 366 valence electrons. The van der Waals surface area contributed by atoms with Crippen LogP contribution in [-0.4, -0.2) is 39.6 Å². The zero-order valence-corrected chi connectivity index (χ0v) is 42.0. The molecule has 2 atom stereocenters. The van der Waals surface area contributed by atoms with E-state index in [0.29, 0.717) is 12.8 Å². The molecule has 0 spiro atoms. The summed E-state index contributed by atoms with van der Waals surface area (Å²) in [5, 5.41) is 13.6. The zero-order chi connectivity index (χ0) is 44.6. The lowest BCUT2D eigenvalue weighted by atomic mass is 10.0. The van der Waals surface area contributed by atoms with E-state index in [-0.39, 0.29) is 5.91 Å². The maximum absolute atomic E-state index is 12.7. The first-order chi connectivity index (χ1) is 29.8. The summed E-state index contributed by atoms with van der Waals surface area (Å²) < 4.78 is 16.0. The average Bonchev–Trinajstić information content (AvgIpc) is 3.24. The number of nitrogens with one attached hydrogen (secondary N) is 1. The summed E-state index contributed by atoms with van der Waals surface area (Å²) in [5.41, 5.74) is 0. The molecule has 0 heterocycles. The molecule has 0 saturated carbocycles. The first-order valence-electron chi connectivity index (χ1n) is 27.5. The Kier molecular flexibility index (Phi) is 48.6. The van der Waals surface area contributed by atoms with Crippen molar-refractivity contribution in [1.29, 1.82) is 0 Å². The Bertz CT molecular complexity index is 915. The standard InChI is InChI=1S/C53H108NO6P/c1-3-5-7-9-11-13-15-17-18-19-20-21-22-23-24-25-26-27-28-29-30-31-32-33-34-35-37-39-41-43-45-47-49-53(56)54-51(50-60-61(57,58)59)52(55)48-46-44-42-40-38-36-16-14-12-10-8-6-4-2/h51-52,55H,3-50H2,1-2H3,(H,54,56)(H2,57,58,59)/t51-,52+/m0/s1. The SMILES string of the molecule is CCCCCCCCCCCCCCCCCCCCCCCCCCCCCCCCCCC(=O)N[C@@H](COP(=O)(O)O)[C@H](O)CCCCCCCCCCCCCCC. The lowest BCUT2D eigenvalue weighted by molar-refractivity contribution is -0.123. The highest BCUT2D eigenvalue weighted by molar-refractivity contribution is 7.46. The summed E-state index contributed by atoms with van der Waals surface area (Å²) in [6, 6.07) is -0.819. The van der Waals surface area contributed by atoms with Gasteiger partial charge in [-0.1, -0.05) is 296 Å². The second-order valence-corrected chi connectivity index (χ2v) is 20.5. The summed E-state index contributed by atoms with van der Waals surface area (Å²) in [4.78, 5) is 31.1. The molecule has 0 aromatic carbocycles. The van der Waals surface area contributed by atoms with Gasteiger partial charge in [0.25, 0.3) is 0 Å². The van der Waals surface area contributed by atoms with E-state index < -0.39 is 26.6 Å². The molecule has 0 aliphatic heterocycles. The summed E-state index contributed by atoms with van der Waals surface area (Å²) >= 11 is 0. The number of unbranched alkanes of at least 4 members (excludes halogenated alkanes) is 43. The number of hydrogen-bond acceptors (Lipinski definition) is 4. The van der Waals surface area contributed by atoms with Gasteiger partial charge in [0.15, 0.2) is 0 Å². The van der Waals surface area contributed by atoms with Crippen molar-refractivity contribution < 1.29 is 28.8 Å². The minimum atomic E-state index is -4.69. The van der Waals surface area contributed by atoms with Gasteiger partial charge in [0.05, 0.1) is 18.8 Å². The zero-order valence-electron chi connectivity index (χ0n) is 41.1. The molecule has 0 aliphatic carbocycles. The number of aliphatic hydroxyl groups is 1. The third-order valence-electron chi connectivity index (χ3n) is 13.1. The molecule has 0 aromatic heterocycles. The maximum Gasteiger partial charge on any atom is 0.469 e. The number of carbonyl (C=O) groups is 1. The fourth-order valence-corrected chi connectivity index (χ4v) is 9.29. The first-order valence-corrected chi connectivity index (χ1v) is 29.0. The van der Waals surface area contributed by atoms with Crippen molar-refractivity contribution in [3.63, 3.8) is 0 Å². The van der Waals surface area contributed by atoms with Gasteiger partial charge < -0.3 is 20.2 Å². The lowest BCUT2D eigenvalue weighted by Gasteiger charge is -2.24. The molecule has 8 heteroatoms. The van der Waals surface area contributed by atoms with Crippen LogP contribution >= 0.6 is 7.82 Å². The van der Waals surface area contributed by atoms with Crippen LogP contribution in [0.15, 0.2) is 0 Å². The van der Waals surface area contributed by atoms with E-state index in [4.69, 9.17) is 4.52 Å². The van der Waals surface area contributed by atoms with Crippen LogP contribution in [-0.2, 0) is 13.9 Å². The average molecular weight is 886 g/mol. The minimum absolute atomic E-state index is 0.186. The Morgan fingerprint density at radius 2 is 0.639 bits per heavy atom. The summed E-state index contributed by atoms with van der Waals surface area (Å²) in [6.07, 6.45) is 60.0. The molecule has 0 saturated heterocycles. The Balaban J connectivity index is 3.61. The van der Waals surface area contributed by atoms with Crippen LogP contribution in [0.2, 0.25) is 0 Å². The van der Waals surface area contributed by atoms with Crippen LogP contribution in [0.5, 0.6) is 0 Å². The van der Waals surface area contributed by atoms with Crippen molar-refractivity contribution in [3.05, 3.63) is 0 Å². The number of rotatable bonds is 52. The fourth-order valence-electron chi connectivity index (χ4n) is 8.94. The van der Waals surface area contributed by atoms with Crippen molar-refractivity contribution in [2.45, 2.75) is 328 Å². The first kappa shape index (κ1) is 60.5. The summed E-state index contributed by atoms with van der Waals surface area (Å²) in [6.45, 7) is 4.16. The number of hydrogen-bond donors (Lipinski definition) is 4. The molecule has 7 nitrogen and oxygen atoms in total. The normalized spacial score (nSPS) is 12.9. The third kappa shape index (κ3) is 50.4. The van der Waals surface area contributed by atoms with Crippen LogP contribution in [0.1, 0.15) is 316 Å². The minimum Gasteiger partial charge on any atom is -0.391 e. The van der Waals surface area contributed by atoms with Crippen LogP contribution in [0, 0.1) is 0 Å². The largest absolute Gasteiger partial charge is 0.469 e. The third-order valence-corrected chi connectivity index (χ3v) is 13.6. The summed E-state index contributed by atoms with van der Waals surface area (Å²) in [7, 11) is -4.69. The van der Waals surface area contributed by atoms with Gasteiger partial charge in [0.1, 0.15) is 0 Å². The number of amides is 1. The van der Waals surface area contributed by atoms with Gasteiger partial charge in [-0.25, -0.2) is 4.57 Å². The van der Waals surface area contributed by atoms with E-state index in [2.05, 4.69) is 19.2 Å². The Morgan fingerprint density at radius 1 is 0.410 bits per heavy atom. The number of phosphoric acid groups is 1. The molecular formula is C53H108NO6P. The monoisotopic (exact) mass is 886 g/mol. The molecule has 0 unspecified atom stereocenters. The van der Waals surface area contributed by atoms with Crippen molar-refractivity contribution in [3.8, 4) is 0 Å². The van der Waals surface area contributed by atoms with Crippen LogP contribution < -0.4 is 5.32 Å². The summed E-state index contributed by atoms with van der Waals surface area (Å²) in [5.74, 6) is -0.186. The molecule has 0 bridgehead atoms. The van der Waals surface area contributed by atoms with E-state index in [1.54, 1.807) is 0 Å². The Hall–Kier alpha value is -0.460. The van der Waals surface area contributed by atoms with Gasteiger partial charge in [-0.15, -0.1) is 0 Å². The van der Waals surface area contributed by atoms with E-state index in [1.165, 1.54) is 250 Å². The van der Waals surface area contributed by atoms with Gasteiger partial charge >= 0.3 is 7.82 Å². The number of carbonyl (C=O) groups excluding carboxylic acids is 1. The van der Waals surface area contributed by atoms with Gasteiger partial charge in [0.2, 0.25) is 5.91 Å².